The van der Waals surface area contributed by atoms with Crippen molar-refractivity contribution in [2.24, 2.45) is 5.92 Å². The minimum Gasteiger partial charge on any atom is -0.481 e. The Balaban J connectivity index is 3.88. The third-order valence-corrected chi connectivity index (χ3v) is 2.58. The van der Waals surface area contributed by atoms with Gasteiger partial charge in [-0.1, -0.05) is 32.6 Å². The lowest BCUT2D eigenvalue weighted by Crippen LogP contribution is -2.29. The summed E-state index contributed by atoms with van der Waals surface area (Å²) < 4.78 is 0. The fourth-order valence-corrected chi connectivity index (χ4v) is 1.60. The lowest BCUT2D eigenvalue weighted by atomic mass is 9.93. The molecule has 2 atom stereocenters. The first-order valence-corrected chi connectivity index (χ1v) is 5.65. The van der Waals surface area contributed by atoms with Crippen LogP contribution in [0.4, 0.5) is 0 Å². The maximum absolute atomic E-state index is 10.8. The van der Waals surface area contributed by atoms with Gasteiger partial charge in [0.2, 0.25) is 0 Å². The van der Waals surface area contributed by atoms with Crippen molar-refractivity contribution >= 4 is 5.97 Å². The number of aliphatic hydroxyl groups is 2. The molecule has 0 rings (SSSR count). The molecular weight excluding hydrogens is 196 g/mol. The predicted molar refractivity (Wildman–Crippen MR) is 57.6 cm³/mol. The zero-order chi connectivity index (χ0) is 11.7. The zero-order valence-electron chi connectivity index (χ0n) is 9.35. The second-order valence-electron chi connectivity index (χ2n) is 3.87. The lowest BCUT2D eigenvalue weighted by molar-refractivity contribution is -0.146. The molecule has 0 aromatic heterocycles. The minimum absolute atomic E-state index is 0.144. The fraction of sp³-hybridized carbons (Fsp3) is 0.909. The van der Waals surface area contributed by atoms with Crippen LogP contribution in [0.2, 0.25) is 0 Å². The monoisotopic (exact) mass is 218 g/mol. The Morgan fingerprint density at radius 2 is 1.87 bits per heavy atom. The molecule has 0 saturated heterocycles. The number of carboxylic acids is 1. The number of hydrogen-bond acceptors (Lipinski definition) is 3. The summed E-state index contributed by atoms with van der Waals surface area (Å²) in [6.45, 7) is 1.93. The summed E-state index contributed by atoms with van der Waals surface area (Å²) in [5, 5.41) is 27.0. The largest absolute Gasteiger partial charge is 0.481 e. The third kappa shape index (κ3) is 6.47. The van der Waals surface area contributed by atoms with Gasteiger partial charge in [0, 0.05) is 6.61 Å². The molecule has 0 fully saturated rings. The van der Waals surface area contributed by atoms with Crippen molar-refractivity contribution in [3.8, 4) is 0 Å². The van der Waals surface area contributed by atoms with Crippen LogP contribution in [-0.4, -0.2) is 34.0 Å². The highest BCUT2D eigenvalue weighted by Gasteiger charge is 2.25. The number of aliphatic hydroxyl groups excluding tert-OH is 2. The van der Waals surface area contributed by atoms with Crippen molar-refractivity contribution in [3.05, 3.63) is 0 Å². The first-order valence-electron chi connectivity index (χ1n) is 5.65. The van der Waals surface area contributed by atoms with Crippen LogP contribution >= 0.6 is 0 Å². The average Bonchev–Trinajstić information content (AvgIpc) is 2.17. The van der Waals surface area contributed by atoms with E-state index in [9.17, 15) is 9.90 Å². The average molecular weight is 218 g/mol. The van der Waals surface area contributed by atoms with Crippen LogP contribution in [0.25, 0.3) is 0 Å². The molecule has 0 aliphatic heterocycles. The number of carbonyl (C=O) groups is 1. The van der Waals surface area contributed by atoms with E-state index in [1.54, 1.807) is 0 Å². The number of carboxylic acid groups (broad SMARTS) is 1. The SMILES string of the molecule is CCCCCCC(C(=O)O)C(O)CCO. The topological polar surface area (TPSA) is 77.8 Å². The second kappa shape index (κ2) is 8.68. The van der Waals surface area contributed by atoms with Gasteiger partial charge in [-0.2, -0.15) is 0 Å². The third-order valence-electron chi connectivity index (χ3n) is 2.58. The molecule has 0 radical (unpaired) electrons. The summed E-state index contributed by atoms with van der Waals surface area (Å²) in [6, 6.07) is 0. The van der Waals surface area contributed by atoms with E-state index in [4.69, 9.17) is 10.2 Å². The first-order chi connectivity index (χ1) is 7.13. The van der Waals surface area contributed by atoms with E-state index < -0.39 is 18.0 Å². The molecule has 3 N–H and O–H groups in total. The molecule has 90 valence electrons. The summed E-state index contributed by atoms with van der Waals surface area (Å²) >= 11 is 0. The van der Waals surface area contributed by atoms with E-state index in [2.05, 4.69) is 6.92 Å². The van der Waals surface area contributed by atoms with Gasteiger partial charge in [0.1, 0.15) is 0 Å². The van der Waals surface area contributed by atoms with Crippen LogP contribution in [0.15, 0.2) is 0 Å². The molecule has 0 heterocycles. The van der Waals surface area contributed by atoms with Crippen LogP contribution < -0.4 is 0 Å². The molecule has 0 spiro atoms. The van der Waals surface area contributed by atoms with Crippen LogP contribution in [-0.2, 0) is 4.79 Å². The van der Waals surface area contributed by atoms with Gasteiger partial charge in [-0.3, -0.25) is 4.79 Å². The number of unbranched alkanes of at least 4 members (excludes halogenated alkanes) is 3. The Morgan fingerprint density at radius 1 is 1.20 bits per heavy atom. The number of hydrogen-bond donors (Lipinski definition) is 3. The molecular formula is C11H22O4. The van der Waals surface area contributed by atoms with Crippen LogP contribution in [0.5, 0.6) is 0 Å². The standard InChI is InChI=1S/C11H22O4/c1-2-3-4-5-6-9(11(14)15)10(13)7-8-12/h9-10,12-13H,2-8H2,1H3,(H,14,15). The summed E-state index contributed by atoms with van der Waals surface area (Å²) in [7, 11) is 0. The fourth-order valence-electron chi connectivity index (χ4n) is 1.60. The van der Waals surface area contributed by atoms with E-state index >= 15 is 0 Å². The molecule has 0 aromatic carbocycles. The Labute approximate surface area is 90.9 Å². The summed E-state index contributed by atoms with van der Waals surface area (Å²) in [4.78, 5) is 10.8. The molecule has 2 unspecified atom stereocenters. The van der Waals surface area contributed by atoms with Crippen molar-refractivity contribution < 1.29 is 20.1 Å². The van der Waals surface area contributed by atoms with Gasteiger partial charge in [-0.25, -0.2) is 0 Å². The van der Waals surface area contributed by atoms with E-state index in [1.807, 2.05) is 0 Å². The van der Waals surface area contributed by atoms with Crippen molar-refractivity contribution in [2.75, 3.05) is 6.61 Å². The highest BCUT2D eigenvalue weighted by molar-refractivity contribution is 5.70. The van der Waals surface area contributed by atoms with Gasteiger partial charge in [-0.15, -0.1) is 0 Å². The van der Waals surface area contributed by atoms with Gasteiger partial charge in [-0.05, 0) is 12.8 Å². The molecule has 0 aliphatic rings. The molecule has 4 heteroatoms. The smallest absolute Gasteiger partial charge is 0.309 e. The van der Waals surface area contributed by atoms with Gasteiger partial charge < -0.3 is 15.3 Å². The predicted octanol–water partition coefficient (Wildman–Crippen LogP) is 1.40. The zero-order valence-corrected chi connectivity index (χ0v) is 9.35. The molecule has 0 amide bonds. The van der Waals surface area contributed by atoms with Crippen LogP contribution in [0.1, 0.15) is 45.4 Å². The lowest BCUT2D eigenvalue weighted by Gasteiger charge is -2.17. The highest BCUT2D eigenvalue weighted by Crippen LogP contribution is 2.17. The van der Waals surface area contributed by atoms with Gasteiger partial charge in [0.15, 0.2) is 0 Å². The Hall–Kier alpha value is -0.610. The molecule has 4 nitrogen and oxygen atoms in total. The van der Waals surface area contributed by atoms with Crippen molar-refractivity contribution in [1.82, 2.24) is 0 Å². The van der Waals surface area contributed by atoms with Gasteiger partial charge >= 0.3 is 5.97 Å². The number of rotatable bonds is 9. The highest BCUT2D eigenvalue weighted by atomic mass is 16.4. The second-order valence-corrected chi connectivity index (χ2v) is 3.87. The van der Waals surface area contributed by atoms with Crippen LogP contribution in [0.3, 0.4) is 0 Å². The van der Waals surface area contributed by atoms with E-state index in [-0.39, 0.29) is 13.0 Å². The van der Waals surface area contributed by atoms with Crippen molar-refractivity contribution in [2.45, 2.75) is 51.6 Å². The van der Waals surface area contributed by atoms with Crippen molar-refractivity contribution in [3.63, 3.8) is 0 Å². The molecule has 0 aliphatic carbocycles. The molecule has 0 bridgehead atoms. The quantitative estimate of drug-likeness (QED) is 0.511. The Kier molecular flexibility index (Phi) is 8.33. The molecule has 15 heavy (non-hydrogen) atoms. The maximum atomic E-state index is 10.8. The number of aliphatic carboxylic acids is 1. The van der Waals surface area contributed by atoms with Gasteiger partial charge in [0.25, 0.3) is 0 Å². The van der Waals surface area contributed by atoms with E-state index in [0.717, 1.165) is 25.7 Å². The first kappa shape index (κ1) is 14.4. The normalized spacial score (nSPS) is 14.9. The van der Waals surface area contributed by atoms with Crippen molar-refractivity contribution in [1.29, 1.82) is 0 Å². The van der Waals surface area contributed by atoms with E-state index in [0.29, 0.717) is 6.42 Å². The van der Waals surface area contributed by atoms with Gasteiger partial charge in [0.05, 0.1) is 12.0 Å². The summed E-state index contributed by atoms with van der Waals surface area (Å²) in [5.74, 6) is -1.69. The van der Waals surface area contributed by atoms with E-state index in [1.165, 1.54) is 0 Å². The molecule has 0 saturated carbocycles. The summed E-state index contributed by atoms with van der Waals surface area (Å²) in [5.41, 5.74) is 0. The Bertz CT molecular complexity index is 170. The maximum Gasteiger partial charge on any atom is 0.309 e. The minimum atomic E-state index is -0.965. The Morgan fingerprint density at radius 3 is 2.33 bits per heavy atom. The molecule has 0 aromatic rings. The van der Waals surface area contributed by atoms with Crippen LogP contribution in [0, 0.1) is 5.92 Å². The summed E-state index contributed by atoms with van der Waals surface area (Å²) in [6.07, 6.45) is 3.76.